The molecule has 1 aliphatic heterocycles. The standard InChI is InChI=1S/C16H20N2O3/c1-20-13-8-4-5-11(9-13)14-10-15(21-18-14)16(19)17-12-6-2-3-7-12/h4-5,8-9,12,15H,2-3,6-7,10H2,1H3,(H,17,19)/t15-/m0/s1. The van der Waals surface area contributed by atoms with Gasteiger partial charge in [-0.25, -0.2) is 0 Å². The monoisotopic (exact) mass is 288 g/mol. The molecule has 1 heterocycles. The second-order valence-corrected chi connectivity index (χ2v) is 5.56. The molecule has 1 N–H and O–H groups in total. The Labute approximate surface area is 124 Å². The summed E-state index contributed by atoms with van der Waals surface area (Å²) in [5, 5.41) is 7.11. The van der Waals surface area contributed by atoms with Crippen molar-refractivity contribution >= 4 is 11.6 Å². The van der Waals surface area contributed by atoms with Crippen molar-refractivity contribution < 1.29 is 14.4 Å². The van der Waals surface area contributed by atoms with Gasteiger partial charge in [-0.15, -0.1) is 0 Å². The molecule has 112 valence electrons. The number of benzene rings is 1. The van der Waals surface area contributed by atoms with E-state index in [1.165, 1.54) is 12.8 Å². The lowest BCUT2D eigenvalue weighted by molar-refractivity contribution is -0.131. The number of carbonyl (C=O) groups excluding carboxylic acids is 1. The van der Waals surface area contributed by atoms with E-state index in [4.69, 9.17) is 9.57 Å². The molecule has 0 saturated heterocycles. The van der Waals surface area contributed by atoms with Crippen molar-refractivity contribution in [3.05, 3.63) is 29.8 Å². The van der Waals surface area contributed by atoms with Gasteiger partial charge in [0.15, 0.2) is 0 Å². The third-order valence-electron chi connectivity index (χ3n) is 4.07. The van der Waals surface area contributed by atoms with Crippen molar-refractivity contribution in [1.82, 2.24) is 5.32 Å². The summed E-state index contributed by atoms with van der Waals surface area (Å²) in [6.07, 6.45) is 4.53. The van der Waals surface area contributed by atoms with Crippen LogP contribution in [0.5, 0.6) is 5.75 Å². The molecule has 5 heteroatoms. The van der Waals surface area contributed by atoms with E-state index in [2.05, 4.69) is 10.5 Å². The number of amides is 1. The van der Waals surface area contributed by atoms with Crippen molar-refractivity contribution in [1.29, 1.82) is 0 Å². The van der Waals surface area contributed by atoms with E-state index >= 15 is 0 Å². The highest BCUT2D eigenvalue weighted by atomic mass is 16.6. The summed E-state index contributed by atoms with van der Waals surface area (Å²) in [5.74, 6) is 0.720. The van der Waals surface area contributed by atoms with Gasteiger partial charge in [-0.3, -0.25) is 4.79 Å². The maximum atomic E-state index is 12.2. The zero-order valence-electron chi connectivity index (χ0n) is 12.2. The van der Waals surface area contributed by atoms with Gasteiger partial charge in [0.25, 0.3) is 5.91 Å². The predicted molar refractivity (Wildman–Crippen MR) is 79.4 cm³/mol. The van der Waals surface area contributed by atoms with Gasteiger partial charge in [0, 0.05) is 18.0 Å². The number of nitrogens with one attached hydrogen (secondary N) is 1. The van der Waals surface area contributed by atoms with Gasteiger partial charge < -0.3 is 14.9 Å². The van der Waals surface area contributed by atoms with Crippen LogP contribution in [0.2, 0.25) is 0 Å². The molecule has 0 bridgehead atoms. The molecule has 2 aliphatic rings. The van der Waals surface area contributed by atoms with Crippen LogP contribution in [0.15, 0.2) is 29.4 Å². The molecule has 0 spiro atoms. The minimum Gasteiger partial charge on any atom is -0.497 e. The van der Waals surface area contributed by atoms with Crippen LogP contribution in [0.3, 0.4) is 0 Å². The van der Waals surface area contributed by atoms with Crippen LogP contribution in [0.25, 0.3) is 0 Å². The zero-order valence-corrected chi connectivity index (χ0v) is 12.2. The first-order valence-electron chi connectivity index (χ1n) is 7.44. The molecule has 1 aromatic carbocycles. The van der Waals surface area contributed by atoms with Crippen LogP contribution < -0.4 is 10.1 Å². The highest BCUT2D eigenvalue weighted by Crippen LogP contribution is 2.22. The first-order chi connectivity index (χ1) is 10.3. The molecular formula is C16H20N2O3. The van der Waals surface area contributed by atoms with Gasteiger partial charge in [0.05, 0.1) is 12.8 Å². The van der Waals surface area contributed by atoms with E-state index in [1.807, 2.05) is 24.3 Å². The van der Waals surface area contributed by atoms with Crippen molar-refractivity contribution in [3.8, 4) is 5.75 Å². The van der Waals surface area contributed by atoms with Crippen molar-refractivity contribution in [2.24, 2.45) is 5.16 Å². The lowest BCUT2D eigenvalue weighted by atomic mass is 10.0. The molecule has 5 nitrogen and oxygen atoms in total. The van der Waals surface area contributed by atoms with Crippen molar-refractivity contribution in [3.63, 3.8) is 0 Å². The number of hydrogen-bond donors (Lipinski definition) is 1. The summed E-state index contributed by atoms with van der Waals surface area (Å²) in [7, 11) is 1.63. The normalized spacial score (nSPS) is 21.8. The van der Waals surface area contributed by atoms with E-state index in [0.29, 0.717) is 12.5 Å². The number of methoxy groups -OCH3 is 1. The molecule has 0 aromatic heterocycles. The highest BCUT2D eigenvalue weighted by molar-refractivity contribution is 6.04. The molecule has 3 rings (SSSR count). The minimum atomic E-state index is -0.508. The average Bonchev–Trinajstić information content (AvgIpc) is 3.18. The number of oxime groups is 1. The molecule has 1 fully saturated rings. The number of ether oxygens (including phenoxy) is 1. The Bertz CT molecular complexity index is 550. The van der Waals surface area contributed by atoms with Gasteiger partial charge in [-0.2, -0.15) is 0 Å². The Morgan fingerprint density at radius 1 is 1.38 bits per heavy atom. The van der Waals surface area contributed by atoms with Gasteiger partial charge in [-0.1, -0.05) is 30.1 Å². The highest BCUT2D eigenvalue weighted by Gasteiger charge is 2.30. The largest absolute Gasteiger partial charge is 0.497 e. The van der Waals surface area contributed by atoms with Crippen molar-refractivity contribution in [2.45, 2.75) is 44.2 Å². The Hall–Kier alpha value is -2.04. The Kier molecular flexibility index (Phi) is 4.08. The molecule has 1 aromatic rings. The summed E-state index contributed by atoms with van der Waals surface area (Å²) in [6, 6.07) is 7.94. The minimum absolute atomic E-state index is 0.0523. The average molecular weight is 288 g/mol. The van der Waals surface area contributed by atoms with Gasteiger partial charge in [0.2, 0.25) is 6.10 Å². The maximum Gasteiger partial charge on any atom is 0.264 e. The van der Waals surface area contributed by atoms with Gasteiger partial charge in [0.1, 0.15) is 5.75 Å². The van der Waals surface area contributed by atoms with Gasteiger partial charge >= 0.3 is 0 Å². The fraction of sp³-hybridized carbons (Fsp3) is 0.500. The van der Waals surface area contributed by atoms with E-state index in [0.717, 1.165) is 29.9 Å². The third-order valence-corrected chi connectivity index (χ3v) is 4.07. The summed E-state index contributed by atoms with van der Waals surface area (Å²) >= 11 is 0. The lowest BCUT2D eigenvalue weighted by Crippen LogP contribution is -2.40. The van der Waals surface area contributed by atoms with E-state index in [9.17, 15) is 4.79 Å². The Morgan fingerprint density at radius 3 is 2.95 bits per heavy atom. The van der Waals surface area contributed by atoms with E-state index in [-0.39, 0.29) is 5.91 Å². The number of nitrogens with zero attached hydrogens (tertiary/aromatic N) is 1. The smallest absolute Gasteiger partial charge is 0.264 e. The van der Waals surface area contributed by atoms with Crippen LogP contribution in [0.4, 0.5) is 0 Å². The molecule has 21 heavy (non-hydrogen) atoms. The first kappa shape index (κ1) is 13.9. The van der Waals surface area contributed by atoms with Crippen LogP contribution in [0, 0.1) is 0 Å². The number of rotatable bonds is 4. The molecule has 1 amide bonds. The summed E-state index contributed by atoms with van der Waals surface area (Å²) in [4.78, 5) is 17.5. The lowest BCUT2D eigenvalue weighted by Gasteiger charge is -2.14. The first-order valence-corrected chi connectivity index (χ1v) is 7.44. The fourth-order valence-corrected chi connectivity index (χ4v) is 2.86. The fourth-order valence-electron chi connectivity index (χ4n) is 2.86. The Balaban J connectivity index is 1.59. The molecule has 1 atom stereocenters. The zero-order chi connectivity index (χ0) is 14.7. The van der Waals surface area contributed by atoms with Crippen molar-refractivity contribution in [2.75, 3.05) is 7.11 Å². The predicted octanol–water partition coefficient (Wildman–Crippen LogP) is 2.25. The van der Waals surface area contributed by atoms with E-state index in [1.54, 1.807) is 7.11 Å². The molecule has 0 unspecified atom stereocenters. The van der Waals surface area contributed by atoms with Crippen LogP contribution in [0.1, 0.15) is 37.7 Å². The maximum absolute atomic E-state index is 12.2. The molecular weight excluding hydrogens is 268 g/mol. The molecule has 0 radical (unpaired) electrons. The second-order valence-electron chi connectivity index (χ2n) is 5.56. The number of hydrogen-bond acceptors (Lipinski definition) is 4. The van der Waals surface area contributed by atoms with Crippen LogP contribution >= 0.6 is 0 Å². The molecule has 1 saturated carbocycles. The summed E-state index contributed by atoms with van der Waals surface area (Å²) in [6.45, 7) is 0. The SMILES string of the molecule is COc1cccc(C2=NO[C@H](C(=O)NC3CCCC3)C2)c1. The second kappa shape index (κ2) is 6.16. The third kappa shape index (κ3) is 3.17. The summed E-state index contributed by atoms with van der Waals surface area (Å²) in [5.41, 5.74) is 1.73. The summed E-state index contributed by atoms with van der Waals surface area (Å²) < 4.78 is 5.20. The van der Waals surface area contributed by atoms with E-state index < -0.39 is 6.10 Å². The quantitative estimate of drug-likeness (QED) is 0.924. The van der Waals surface area contributed by atoms with Gasteiger partial charge in [-0.05, 0) is 25.0 Å². The van der Waals surface area contributed by atoms with Crippen LogP contribution in [-0.4, -0.2) is 30.9 Å². The Morgan fingerprint density at radius 2 is 2.19 bits per heavy atom. The topological polar surface area (TPSA) is 59.9 Å². The number of carbonyl (C=O) groups is 1. The molecule has 1 aliphatic carbocycles. The van der Waals surface area contributed by atoms with Crippen LogP contribution in [-0.2, 0) is 9.63 Å².